The standard InChI is InChI=1S/C18H30O3/c1-16-10-7-14-12(13(16)4-5-15(16)19)6-11-17(20)8-2-3-9-18(14,17)21/h12-15,19-21H,2-11H2,1H3/t12-,13-,14-,15?,16-,17?,18-/m0/s1. The van der Waals surface area contributed by atoms with Crippen LogP contribution in [0.1, 0.15) is 71.1 Å². The maximum absolute atomic E-state index is 11.4. The van der Waals surface area contributed by atoms with Gasteiger partial charge in [-0.1, -0.05) is 19.8 Å². The lowest BCUT2D eigenvalue weighted by Gasteiger charge is -2.61. The van der Waals surface area contributed by atoms with Gasteiger partial charge in [-0.05, 0) is 74.5 Å². The van der Waals surface area contributed by atoms with Crippen LogP contribution in [0, 0.1) is 23.2 Å². The Balaban J connectivity index is 1.68. The van der Waals surface area contributed by atoms with Gasteiger partial charge >= 0.3 is 0 Å². The Labute approximate surface area is 127 Å². The van der Waals surface area contributed by atoms with Crippen molar-refractivity contribution in [3.63, 3.8) is 0 Å². The summed E-state index contributed by atoms with van der Waals surface area (Å²) < 4.78 is 0. The third kappa shape index (κ3) is 1.71. The van der Waals surface area contributed by atoms with E-state index < -0.39 is 11.2 Å². The molecule has 0 radical (unpaired) electrons. The molecule has 2 unspecified atom stereocenters. The Morgan fingerprint density at radius 3 is 2.38 bits per heavy atom. The fraction of sp³-hybridized carbons (Fsp3) is 1.00. The van der Waals surface area contributed by atoms with Crippen molar-refractivity contribution >= 4 is 0 Å². The molecule has 0 amide bonds. The van der Waals surface area contributed by atoms with Gasteiger partial charge in [0.15, 0.2) is 0 Å². The van der Waals surface area contributed by atoms with Gasteiger partial charge in [0.05, 0.1) is 17.3 Å². The zero-order chi connectivity index (χ0) is 14.9. The van der Waals surface area contributed by atoms with Crippen LogP contribution in [0.4, 0.5) is 0 Å². The first-order chi connectivity index (χ1) is 9.91. The summed E-state index contributed by atoms with van der Waals surface area (Å²) in [5, 5.41) is 32.9. The first-order valence-electron chi connectivity index (χ1n) is 9.04. The zero-order valence-electron chi connectivity index (χ0n) is 13.2. The fourth-order valence-electron chi connectivity index (χ4n) is 6.79. The highest BCUT2D eigenvalue weighted by molar-refractivity contribution is 5.15. The molecule has 0 bridgehead atoms. The van der Waals surface area contributed by atoms with Gasteiger partial charge in [-0.3, -0.25) is 0 Å². The molecule has 0 saturated heterocycles. The molecule has 3 N–H and O–H groups in total. The molecule has 4 rings (SSSR count). The highest BCUT2D eigenvalue weighted by Crippen LogP contribution is 2.64. The van der Waals surface area contributed by atoms with Crippen LogP contribution >= 0.6 is 0 Å². The largest absolute Gasteiger partial charge is 0.393 e. The highest BCUT2D eigenvalue weighted by atomic mass is 16.4. The average molecular weight is 294 g/mol. The van der Waals surface area contributed by atoms with E-state index in [1.165, 1.54) is 0 Å². The molecule has 4 fully saturated rings. The number of rotatable bonds is 0. The molecule has 0 aromatic carbocycles. The van der Waals surface area contributed by atoms with Gasteiger partial charge in [0.2, 0.25) is 0 Å². The molecule has 3 heteroatoms. The van der Waals surface area contributed by atoms with Crippen molar-refractivity contribution < 1.29 is 15.3 Å². The Bertz CT molecular complexity index is 438. The van der Waals surface area contributed by atoms with Crippen LogP contribution in [-0.4, -0.2) is 32.6 Å². The fourth-order valence-corrected chi connectivity index (χ4v) is 6.79. The summed E-state index contributed by atoms with van der Waals surface area (Å²) in [6, 6.07) is 0. The molecule has 120 valence electrons. The van der Waals surface area contributed by atoms with E-state index in [-0.39, 0.29) is 17.4 Å². The van der Waals surface area contributed by atoms with Gasteiger partial charge < -0.3 is 15.3 Å². The van der Waals surface area contributed by atoms with Crippen LogP contribution < -0.4 is 0 Å². The smallest absolute Gasteiger partial charge is 0.0964 e. The summed E-state index contributed by atoms with van der Waals surface area (Å²) in [5.74, 6) is 1.30. The molecule has 0 aromatic heterocycles. The Kier molecular flexibility index (Phi) is 3.07. The van der Waals surface area contributed by atoms with E-state index in [1.54, 1.807) is 0 Å². The van der Waals surface area contributed by atoms with E-state index >= 15 is 0 Å². The molecule has 3 nitrogen and oxygen atoms in total. The Morgan fingerprint density at radius 1 is 0.810 bits per heavy atom. The monoisotopic (exact) mass is 294 g/mol. The first kappa shape index (κ1) is 14.5. The minimum atomic E-state index is -0.858. The van der Waals surface area contributed by atoms with Crippen LogP contribution in [-0.2, 0) is 0 Å². The van der Waals surface area contributed by atoms with E-state index in [9.17, 15) is 15.3 Å². The molecular formula is C18H30O3. The summed E-state index contributed by atoms with van der Waals surface area (Å²) in [6.45, 7) is 2.26. The molecule has 0 spiro atoms. The van der Waals surface area contributed by atoms with Gasteiger partial charge in [-0.2, -0.15) is 0 Å². The molecular weight excluding hydrogens is 264 g/mol. The summed E-state index contributed by atoms with van der Waals surface area (Å²) in [7, 11) is 0. The highest BCUT2D eigenvalue weighted by Gasteiger charge is 2.64. The van der Waals surface area contributed by atoms with E-state index in [0.29, 0.717) is 11.8 Å². The predicted molar refractivity (Wildman–Crippen MR) is 80.7 cm³/mol. The van der Waals surface area contributed by atoms with Gasteiger partial charge in [0.1, 0.15) is 0 Å². The van der Waals surface area contributed by atoms with Crippen molar-refractivity contribution in [1.29, 1.82) is 0 Å². The zero-order valence-corrected chi connectivity index (χ0v) is 13.2. The van der Waals surface area contributed by atoms with Crippen LogP contribution in [0.2, 0.25) is 0 Å². The molecule has 21 heavy (non-hydrogen) atoms. The van der Waals surface area contributed by atoms with Crippen molar-refractivity contribution in [2.45, 2.75) is 88.4 Å². The van der Waals surface area contributed by atoms with Crippen molar-refractivity contribution in [3.05, 3.63) is 0 Å². The van der Waals surface area contributed by atoms with Crippen LogP contribution in [0.5, 0.6) is 0 Å². The summed E-state index contributed by atoms with van der Waals surface area (Å²) in [6.07, 6.45) is 9.30. The number of aliphatic hydroxyl groups is 3. The lowest BCUT2D eigenvalue weighted by atomic mass is 9.47. The number of hydrogen-bond acceptors (Lipinski definition) is 3. The van der Waals surface area contributed by atoms with Crippen LogP contribution in [0.3, 0.4) is 0 Å². The van der Waals surface area contributed by atoms with Crippen molar-refractivity contribution in [2.24, 2.45) is 23.2 Å². The molecule has 7 atom stereocenters. The van der Waals surface area contributed by atoms with Gasteiger partial charge in [-0.15, -0.1) is 0 Å². The molecule has 4 aliphatic carbocycles. The van der Waals surface area contributed by atoms with Crippen LogP contribution in [0.25, 0.3) is 0 Å². The van der Waals surface area contributed by atoms with E-state index in [1.807, 2.05) is 0 Å². The van der Waals surface area contributed by atoms with Crippen molar-refractivity contribution in [2.75, 3.05) is 0 Å². The molecule has 0 heterocycles. The van der Waals surface area contributed by atoms with Gasteiger partial charge in [0.25, 0.3) is 0 Å². The van der Waals surface area contributed by atoms with E-state index in [4.69, 9.17) is 0 Å². The normalized spacial score (nSPS) is 60.0. The summed E-state index contributed by atoms with van der Waals surface area (Å²) >= 11 is 0. The third-order valence-corrected chi connectivity index (χ3v) is 8.10. The maximum atomic E-state index is 11.4. The van der Waals surface area contributed by atoms with Gasteiger partial charge in [-0.25, -0.2) is 0 Å². The molecule has 0 aliphatic heterocycles. The second kappa shape index (κ2) is 4.46. The quantitative estimate of drug-likeness (QED) is 0.643. The topological polar surface area (TPSA) is 60.7 Å². The predicted octanol–water partition coefficient (Wildman–Crippen LogP) is 2.62. The Morgan fingerprint density at radius 2 is 1.57 bits per heavy atom. The van der Waals surface area contributed by atoms with Crippen molar-refractivity contribution in [1.82, 2.24) is 0 Å². The van der Waals surface area contributed by atoms with Crippen molar-refractivity contribution in [3.8, 4) is 0 Å². The lowest BCUT2D eigenvalue weighted by Crippen LogP contribution is -2.67. The lowest BCUT2D eigenvalue weighted by molar-refractivity contribution is -0.255. The molecule has 4 saturated carbocycles. The number of aliphatic hydroxyl groups excluding tert-OH is 1. The molecule has 0 aromatic rings. The SMILES string of the molecule is C[C@]12CC[C@H]3[C@@H](CCC4(O)CCCC[C@]34O)[C@@H]1CCC2O. The van der Waals surface area contributed by atoms with E-state index in [2.05, 4.69) is 6.92 Å². The summed E-state index contributed by atoms with van der Waals surface area (Å²) in [5.41, 5.74) is -1.64. The van der Waals surface area contributed by atoms with Crippen LogP contribution in [0.15, 0.2) is 0 Å². The number of fused-ring (bicyclic) bond motifs is 5. The Hall–Kier alpha value is -0.120. The number of hydrogen-bond donors (Lipinski definition) is 3. The maximum Gasteiger partial charge on any atom is 0.0964 e. The minimum Gasteiger partial charge on any atom is -0.393 e. The second-order valence-corrected chi connectivity index (χ2v) is 8.72. The second-order valence-electron chi connectivity index (χ2n) is 8.72. The first-order valence-corrected chi connectivity index (χ1v) is 9.04. The van der Waals surface area contributed by atoms with Gasteiger partial charge in [0, 0.05) is 0 Å². The molecule has 4 aliphatic rings. The van der Waals surface area contributed by atoms with E-state index in [0.717, 1.165) is 64.2 Å². The third-order valence-electron chi connectivity index (χ3n) is 8.10. The summed E-state index contributed by atoms with van der Waals surface area (Å²) in [4.78, 5) is 0. The average Bonchev–Trinajstić information content (AvgIpc) is 2.76. The minimum absolute atomic E-state index is 0.0572.